The molecule has 0 bridgehead atoms. The molecule has 0 aliphatic carbocycles. The number of hydrogen-bond acceptors (Lipinski definition) is 4. The van der Waals surface area contributed by atoms with E-state index in [1.807, 2.05) is 24.3 Å². The van der Waals surface area contributed by atoms with Gasteiger partial charge in [0.2, 0.25) is 0 Å². The molecule has 40 heavy (non-hydrogen) atoms. The van der Waals surface area contributed by atoms with Crippen molar-refractivity contribution in [2.45, 2.75) is 19.4 Å². The largest absolute Gasteiger partial charge is 0.351 e. The van der Waals surface area contributed by atoms with Crippen molar-refractivity contribution in [2.75, 3.05) is 11.4 Å². The zero-order valence-electron chi connectivity index (χ0n) is 22.0. The van der Waals surface area contributed by atoms with Crippen LogP contribution >= 0.6 is 0 Å². The molecule has 4 aromatic carbocycles. The predicted molar refractivity (Wildman–Crippen MR) is 162 cm³/mol. The Morgan fingerprint density at radius 3 is 1.93 bits per heavy atom. The SMILES string of the molecule is c1ccc(-c2nc3ccccc3nc2CN2CCCc3cc4c(-c5ccccc5)nc5ccccc5n4c32)cc1. The first-order valence-electron chi connectivity index (χ1n) is 13.9. The zero-order chi connectivity index (χ0) is 26.5. The lowest BCUT2D eigenvalue weighted by atomic mass is 10.1. The quantitative estimate of drug-likeness (QED) is 0.240. The highest BCUT2D eigenvalue weighted by molar-refractivity contribution is 5.91. The van der Waals surface area contributed by atoms with Crippen molar-refractivity contribution >= 4 is 33.4 Å². The molecule has 8 rings (SSSR count). The number of benzene rings is 4. The minimum absolute atomic E-state index is 0.679. The highest BCUT2D eigenvalue weighted by atomic mass is 15.2. The van der Waals surface area contributed by atoms with E-state index in [1.165, 1.54) is 11.4 Å². The van der Waals surface area contributed by atoms with E-state index in [4.69, 9.17) is 15.0 Å². The Kier molecular flexibility index (Phi) is 5.33. The van der Waals surface area contributed by atoms with Gasteiger partial charge in [0.25, 0.3) is 0 Å². The van der Waals surface area contributed by atoms with Gasteiger partial charge in [0.05, 0.1) is 51.2 Å². The molecule has 0 amide bonds. The second kappa shape index (κ2) is 9.31. The molecule has 0 fully saturated rings. The van der Waals surface area contributed by atoms with Gasteiger partial charge in [-0.3, -0.25) is 4.40 Å². The summed E-state index contributed by atoms with van der Waals surface area (Å²) in [6.45, 7) is 1.64. The first kappa shape index (κ1) is 22.9. The Morgan fingerprint density at radius 1 is 0.575 bits per heavy atom. The summed E-state index contributed by atoms with van der Waals surface area (Å²) in [6.07, 6.45) is 2.14. The molecule has 0 saturated heterocycles. The van der Waals surface area contributed by atoms with E-state index in [0.717, 1.165) is 75.2 Å². The van der Waals surface area contributed by atoms with E-state index >= 15 is 0 Å². The summed E-state index contributed by atoms with van der Waals surface area (Å²) in [6, 6.07) is 40.0. The molecule has 5 nitrogen and oxygen atoms in total. The topological polar surface area (TPSA) is 46.3 Å². The first-order chi connectivity index (χ1) is 19.8. The summed E-state index contributed by atoms with van der Waals surface area (Å²) >= 11 is 0. The minimum atomic E-state index is 0.679. The van der Waals surface area contributed by atoms with Crippen molar-refractivity contribution in [1.82, 2.24) is 19.4 Å². The van der Waals surface area contributed by atoms with Crippen LogP contribution in [-0.4, -0.2) is 25.9 Å². The van der Waals surface area contributed by atoms with Gasteiger partial charge in [0.1, 0.15) is 5.82 Å². The van der Waals surface area contributed by atoms with Crippen molar-refractivity contribution in [1.29, 1.82) is 0 Å². The van der Waals surface area contributed by atoms with Crippen LogP contribution in [0.15, 0.2) is 115 Å². The fourth-order valence-electron chi connectivity index (χ4n) is 6.11. The Labute approximate surface area is 232 Å². The number of para-hydroxylation sites is 4. The van der Waals surface area contributed by atoms with Gasteiger partial charge in [-0.2, -0.15) is 0 Å². The average molecular weight is 518 g/mol. The van der Waals surface area contributed by atoms with Gasteiger partial charge in [-0.25, -0.2) is 15.0 Å². The molecular formula is C35H27N5. The normalized spacial score (nSPS) is 13.2. The first-order valence-corrected chi connectivity index (χ1v) is 13.9. The fraction of sp³-hybridized carbons (Fsp3) is 0.114. The van der Waals surface area contributed by atoms with Gasteiger partial charge < -0.3 is 4.90 Å². The molecule has 7 aromatic rings. The van der Waals surface area contributed by atoms with E-state index < -0.39 is 0 Å². The van der Waals surface area contributed by atoms with Gasteiger partial charge in [-0.05, 0) is 48.7 Å². The third kappa shape index (κ3) is 3.74. The standard InChI is InChI=1S/C35H27N5/c1-3-12-24(13-4-1)33-30(36-27-17-7-8-18-28(27)37-33)23-39-21-11-16-26-22-32-34(25-14-5-2-6-15-25)38-29-19-9-10-20-31(29)40(32)35(26)39/h1-10,12-15,17-20,22H,11,16,21,23H2. The molecule has 0 spiro atoms. The summed E-state index contributed by atoms with van der Waals surface area (Å²) in [5.74, 6) is 1.24. The molecule has 5 heteroatoms. The summed E-state index contributed by atoms with van der Waals surface area (Å²) < 4.78 is 2.43. The van der Waals surface area contributed by atoms with Gasteiger partial charge in [-0.1, -0.05) is 84.9 Å². The number of fused-ring (bicyclic) bond motifs is 6. The third-order valence-corrected chi connectivity index (χ3v) is 7.90. The second-order valence-corrected chi connectivity index (χ2v) is 10.4. The monoisotopic (exact) mass is 517 g/mol. The number of rotatable bonds is 4. The number of aryl methyl sites for hydroxylation is 1. The lowest BCUT2D eigenvalue weighted by Crippen LogP contribution is -2.30. The molecule has 192 valence electrons. The zero-order valence-corrected chi connectivity index (χ0v) is 22.0. The Balaban J connectivity index is 1.34. The lowest BCUT2D eigenvalue weighted by molar-refractivity contribution is 0.675. The van der Waals surface area contributed by atoms with Crippen molar-refractivity contribution in [3.05, 3.63) is 127 Å². The summed E-state index contributed by atoms with van der Waals surface area (Å²) in [5.41, 5.74) is 11.7. The molecule has 0 atom stereocenters. The molecule has 0 unspecified atom stereocenters. The highest BCUT2D eigenvalue weighted by Crippen LogP contribution is 2.38. The van der Waals surface area contributed by atoms with Crippen LogP contribution in [0.25, 0.3) is 50.1 Å². The number of anilines is 1. The van der Waals surface area contributed by atoms with Crippen molar-refractivity contribution < 1.29 is 0 Å². The summed E-state index contributed by atoms with van der Waals surface area (Å²) in [5, 5.41) is 0. The maximum atomic E-state index is 5.18. The fourth-order valence-corrected chi connectivity index (χ4v) is 6.11. The highest BCUT2D eigenvalue weighted by Gasteiger charge is 2.26. The maximum absolute atomic E-state index is 5.18. The van der Waals surface area contributed by atoms with Crippen LogP contribution in [-0.2, 0) is 13.0 Å². The van der Waals surface area contributed by atoms with E-state index in [2.05, 4.69) is 100 Å². The van der Waals surface area contributed by atoms with E-state index in [0.29, 0.717) is 6.54 Å². The molecule has 1 aliphatic heterocycles. The predicted octanol–water partition coefficient (Wildman–Crippen LogP) is 7.72. The van der Waals surface area contributed by atoms with Gasteiger partial charge in [0.15, 0.2) is 0 Å². The molecule has 3 aromatic heterocycles. The van der Waals surface area contributed by atoms with Crippen molar-refractivity contribution in [3.63, 3.8) is 0 Å². The van der Waals surface area contributed by atoms with Crippen molar-refractivity contribution in [3.8, 4) is 22.5 Å². The average Bonchev–Trinajstić information content (AvgIpc) is 3.42. The van der Waals surface area contributed by atoms with E-state index in [9.17, 15) is 0 Å². The molecule has 0 N–H and O–H groups in total. The third-order valence-electron chi connectivity index (χ3n) is 7.90. The van der Waals surface area contributed by atoms with Crippen LogP contribution < -0.4 is 4.90 Å². The van der Waals surface area contributed by atoms with Gasteiger partial charge in [0, 0.05) is 17.7 Å². The van der Waals surface area contributed by atoms with E-state index in [1.54, 1.807) is 0 Å². The smallest absolute Gasteiger partial charge is 0.117 e. The maximum Gasteiger partial charge on any atom is 0.117 e. The summed E-state index contributed by atoms with van der Waals surface area (Å²) in [7, 11) is 0. The van der Waals surface area contributed by atoms with Crippen molar-refractivity contribution in [2.24, 2.45) is 0 Å². The van der Waals surface area contributed by atoms with Crippen LogP contribution in [0.1, 0.15) is 17.7 Å². The van der Waals surface area contributed by atoms with Gasteiger partial charge >= 0.3 is 0 Å². The number of hydrogen-bond donors (Lipinski definition) is 0. The Hall–Kier alpha value is -5.03. The molecular weight excluding hydrogens is 490 g/mol. The van der Waals surface area contributed by atoms with Crippen LogP contribution in [0, 0.1) is 0 Å². The van der Waals surface area contributed by atoms with Crippen LogP contribution in [0.5, 0.6) is 0 Å². The molecule has 4 heterocycles. The lowest BCUT2D eigenvalue weighted by Gasteiger charge is -2.30. The molecule has 0 saturated carbocycles. The summed E-state index contributed by atoms with van der Waals surface area (Å²) in [4.78, 5) is 17.9. The number of nitrogens with zero attached hydrogens (tertiary/aromatic N) is 5. The number of aromatic nitrogens is 4. The Bertz CT molecular complexity index is 2010. The molecule has 0 radical (unpaired) electrons. The second-order valence-electron chi connectivity index (χ2n) is 10.4. The van der Waals surface area contributed by atoms with E-state index in [-0.39, 0.29) is 0 Å². The van der Waals surface area contributed by atoms with Crippen LogP contribution in [0.3, 0.4) is 0 Å². The Morgan fingerprint density at radius 2 is 1.18 bits per heavy atom. The van der Waals surface area contributed by atoms with Gasteiger partial charge in [-0.15, -0.1) is 0 Å². The minimum Gasteiger partial charge on any atom is -0.351 e. The van der Waals surface area contributed by atoms with Crippen LogP contribution in [0.4, 0.5) is 5.82 Å². The van der Waals surface area contributed by atoms with Crippen LogP contribution in [0.2, 0.25) is 0 Å². The molecule has 1 aliphatic rings.